The first-order valence-electron chi connectivity index (χ1n) is 10.7. The molecule has 6 heteroatoms. The zero-order chi connectivity index (χ0) is 23.7. The van der Waals surface area contributed by atoms with E-state index in [1.54, 1.807) is 40.0 Å². The minimum atomic E-state index is -0.963. The van der Waals surface area contributed by atoms with Crippen molar-refractivity contribution >= 4 is 17.7 Å². The largest absolute Gasteiger partial charge is 0.497 e. The summed E-state index contributed by atoms with van der Waals surface area (Å²) in [5, 5.41) is 0. The van der Waals surface area contributed by atoms with Crippen molar-refractivity contribution in [1.29, 1.82) is 0 Å². The van der Waals surface area contributed by atoms with Gasteiger partial charge in [0.1, 0.15) is 29.7 Å². The van der Waals surface area contributed by atoms with Gasteiger partial charge in [-0.3, -0.25) is 14.4 Å². The molecule has 0 spiro atoms. The van der Waals surface area contributed by atoms with Crippen LogP contribution >= 0.6 is 0 Å². The Labute approximate surface area is 189 Å². The molecule has 0 aliphatic heterocycles. The predicted octanol–water partition coefficient (Wildman–Crippen LogP) is 4.53. The zero-order valence-corrected chi connectivity index (χ0v) is 19.4. The molecule has 0 aromatic heterocycles. The van der Waals surface area contributed by atoms with Crippen LogP contribution in [-0.2, 0) is 36.9 Å². The topological polar surface area (TPSA) is 78.9 Å². The molecule has 0 saturated heterocycles. The Hall–Kier alpha value is -3.15. The van der Waals surface area contributed by atoms with Gasteiger partial charge < -0.3 is 14.2 Å². The van der Waals surface area contributed by atoms with Crippen molar-refractivity contribution in [3.63, 3.8) is 0 Å². The van der Waals surface area contributed by atoms with Crippen LogP contribution in [0.4, 0.5) is 0 Å². The van der Waals surface area contributed by atoms with Crippen molar-refractivity contribution in [1.82, 2.24) is 0 Å². The smallest absolute Gasteiger partial charge is 0.316 e. The molecule has 0 aliphatic rings. The average Bonchev–Trinajstić information content (AvgIpc) is 2.76. The Balaban J connectivity index is 2.11. The number of benzene rings is 2. The van der Waals surface area contributed by atoms with Crippen molar-refractivity contribution < 1.29 is 28.6 Å². The molecule has 2 rings (SSSR count). The van der Waals surface area contributed by atoms with E-state index in [0.29, 0.717) is 12.2 Å². The van der Waals surface area contributed by atoms with Crippen LogP contribution in [0.1, 0.15) is 45.2 Å². The van der Waals surface area contributed by atoms with Crippen LogP contribution in [0.15, 0.2) is 54.6 Å². The number of hydrogen-bond acceptors (Lipinski definition) is 6. The highest BCUT2D eigenvalue weighted by Crippen LogP contribution is 2.21. The number of ether oxygens (including phenoxy) is 3. The van der Waals surface area contributed by atoms with Gasteiger partial charge in [0.25, 0.3) is 0 Å². The summed E-state index contributed by atoms with van der Waals surface area (Å²) >= 11 is 0. The number of carbonyl (C=O) groups excluding carboxylic acids is 3. The van der Waals surface area contributed by atoms with Crippen LogP contribution in [0.25, 0.3) is 0 Å². The molecule has 0 saturated carbocycles. The number of rotatable bonds is 10. The summed E-state index contributed by atoms with van der Waals surface area (Å²) in [6.45, 7) is 6.87. The lowest BCUT2D eigenvalue weighted by Crippen LogP contribution is -2.33. The molecule has 32 heavy (non-hydrogen) atoms. The van der Waals surface area contributed by atoms with Gasteiger partial charge in [0.15, 0.2) is 0 Å². The second kappa shape index (κ2) is 11.5. The Morgan fingerprint density at radius 3 is 2.06 bits per heavy atom. The molecular weight excluding hydrogens is 408 g/mol. The summed E-state index contributed by atoms with van der Waals surface area (Å²) in [6.07, 6.45) is 0.199. The third kappa shape index (κ3) is 8.17. The highest BCUT2D eigenvalue weighted by Gasteiger charge is 2.31. The molecule has 0 radical (unpaired) electrons. The summed E-state index contributed by atoms with van der Waals surface area (Å²) in [6, 6.07) is 16.6. The van der Waals surface area contributed by atoms with Gasteiger partial charge in [-0.15, -0.1) is 0 Å². The number of Topliss-reactive ketones (excluding diaryl/α,β-unsaturated/α-hetero) is 1. The van der Waals surface area contributed by atoms with E-state index in [1.165, 1.54) is 6.92 Å². The minimum absolute atomic E-state index is 0.111. The lowest BCUT2D eigenvalue weighted by atomic mass is 9.90. The quantitative estimate of drug-likeness (QED) is 0.399. The lowest BCUT2D eigenvalue weighted by Gasteiger charge is -2.22. The molecular formula is C26H32O6. The van der Waals surface area contributed by atoms with Gasteiger partial charge in [0.05, 0.1) is 13.0 Å². The molecule has 0 amide bonds. The van der Waals surface area contributed by atoms with Gasteiger partial charge in [-0.05, 0) is 57.4 Å². The molecule has 2 aromatic rings. The first-order valence-corrected chi connectivity index (χ1v) is 10.7. The van der Waals surface area contributed by atoms with E-state index < -0.39 is 29.4 Å². The molecule has 2 aromatic carbocycles. The summed E-state index contributed by atoms with van der Waals surface area (Å²) in [4.78, 5) is 38.0. The number of ketones is 1. The maximum atomic E-state index is 12.9. The van der Waals surface area contributed by atoms with E-state index in [4.69, 9.17) is 14.2 Å². The van der Waals surface area contributed by atoms with Gasteiger partial charge in [-0.1, -0.05) is 42.5 Å². The predicted molar refractivity (Wildman–Crippen MR) is 121 cm³/mol. The fraction of sp³-hybridized carbons (Fsp3) is 0.423. The molecule has 2 atom stereocenters. The molecule has 6 nitrogen and oxygen atoms in total. The van der Waals surface area contributed by atoms with Crippen LogP contribution in [0.3, 0.4) is 0 Å². The minimum Gasteiger partial charge on any atom is -0.497 e. The molecule has 0 fully saturated rings. The first kappa shape index (κ1) is 25.1. The van der Waals surface area contributed by atoms with Gasteiger partial charge in [0.2, 0.25) is 0 Å². The number of esters is 2. The second-order valence-corrected chi connectivity index (χ2v) is 8.77. The maximum absolute atomic E-state index is 12.9. The fourth-order valence-corrected chi connectivity index (χ4v) is 3.07. The van der Waals surface area contributed by atoms with Crippen molar-refractivity contribution in [3.05, 3.63) is 65.7 Å². The van der Waals surface area contributed by atoms with Crippen molar-refractivity contribution in [2.45, 2.75) is 52.7 Å². The molecule has 0 unspecified atom stereocenters. The van der Waals surface area contributed by atoms with Gasteiger partial charge in [-0.2, -0.15) is 0 Å². The molecule has 0 aliphatic carbocycles. The number of carbonyl (C=O) groups is 3. The fourth-order valence-electron chi connectivity index (χ4n) is 3.07. The third-order valence-electron chi connectivity index (χ3n) is 4.89. The van der Waals surface area contributed by atoms with Gasteiger partial charge in [0, 0.05) is 6.42 Å². The Morgan fingerprint density at radius 1 is 0.875 bits per heavy atom. The SMILES string of the molecule is COc1ccc(C[C@H](CC(=O)[C@H](C)C(=O)OC(C)(C)C)C(=O)OCc2ccccc2)cc1. The Morgan fingerprint density at radius 2 is 1.50 bits per heavy atom. The molecule has 0 N–H and O–H groups in total. The van der Waals surface area contributed by atoms with Crippen LogP contribution < -0.4 is 4.74 Å². The maximum Gasteiger partial charge on any atom is 0.316 e. The van der Waals surface area contributed by atoms with E-state index in [2.05, 4.69) is 0 Å². The molecule has 0 bridgehead atoms. The van der Waals surface area contributed by atoms with E-state index in [-0.39, 0.29) is 18.8 Å². The highest BCUT2D eigenvalue weighted by molar-refractivity contribution is 6.00. The van der Waals surface area contributed by atoms with Crippen LogP contribution in [-0.4, -0.2) is 30.4 Å². The summed E-state index contributed by atoms with van der Waals surface area (Å²) in [5.74, 6) is -2.40. The van der Waals surface area contributed by atoms with Crippen molar-refractivity contribution in [3.8, 4) is 5.75 Å². The van der Waals surface area contributed by atoms with Crippen LogP contribution in [0.2, 0.25) is 0 Å². The lowest BCUT2D eigenvalue weighted by molar-refractivity contribution is -0.162. The number of hydrogen-bond donors (Lipinski definition) is 0. The Kier molecular flexibility index (Phi) is 9.00. The zero-order valence-electron chi connectivity index (χ0n) is 19.4. The van der Waals surface area contributed by atoms with E-state index in [1.807, 2.05) is 42.5 Å². The second-order valence-electron chi connectivity index (χ2n) is 8.77. The monoisotopic (exact) mass is 440 g/mol. The van der Waals surface area contributed by atoms with E-state index in [9.17, 15) is 14.4 Å². The van der Waals surface area contributed by atoms with E-state index in [0.717, 1.165) is 11.1 Å². The average molecular weight is 441 g/mol. The standard InChI is InChI=1S/C26H32O6/c1-18(24(28)32-26(2,3)4)23(27)16-21(15-19-11-13-22(30-5)14-12-19)25(29)31-17-20-9-7-6-8-10-20/h6-14,18,21H,15-17H2,1-5H3/t18-,21+/m0/s1. The Bertz CT molecular complexity index is 896. The summed E-state index contributed by atoms with van der Waals surface area (Å²) in [5.41, 5.74) is 1.03. The normalized spacial score (nSPS) is 13.0. The summed E-state index contributed by atoms with van der Waals surface area (Å²) < 4.78 is 16.0. The van der Waals surface area contributed by atoms with Gasteiger partial charge >= 0.3 is 11.9 Å². The number of methoxy groups -OCH3 is 1. The van der Waals surface area contributed by atoms with Gasteiger partial charge in [-0.25, -0.2) is 0 Å². The molecule has 0 heterocycles. The molecule has 172 valence electrons. The summed E-state index contributed by atoms with van der Waals surface area (Å²) in [7, 11) is 1.58. The first-order chi connectivity index (χ1) is 15.1. The van der Waals surface area contributed by atoms with Crippen molar-refractivity contribution in [2.24, 2.45) is 11.8 Å². The highest BCUT2D eigenvalue weighted by atomic mass is 16.6. The van der Waals surface area contributed by atoms with E-state index >= 15 is 0 Å². The third-order valence-corrected chi connectivity index (χ3v) is 4.89. The van der Waals surface area contributed by atoms with Crippen LogP contribution in [0, 0.1) is 11.8 Å². The van der Waals surface area contributed by atoms with Crippen molar-refractivity contribution in [2.75, 3.05) is 7.11 Å². The van der Waals surface area contributed by atoms with Crippen LogP contribution in [0.5, 0.6) is 5.75 Å².